The highest BCUT2D eigenvalue weighted by Crippen LogP contribution is 2.25. The van der Waals surface area contributed by atoms with Gasteiger partial charge in [0.2, 0.25) is 0 Å². The molecule has 3 aromatic heterocycles. The Balaban J connectivity index is 1.73. The Kier molecular flexibility index (Phi) is 4.19. The van der Waals surface area contributed by atoms with Gasteiger partial charge in [-0.15, -0.1) is 0 Å². The molecular formula is C21H18N4O. The van der Waals surface area contributed by atoms with E-state index in [1.165, 1.54) is 5.56 Å². The van der Waals surface area contributed by atoms with Crippen molar-refractivity contribution in [2.45, 2.75) is 13.5 Å². The molecule has 3 heterocycles. The molecule has 1 N–H and O–H groups in total. The Morgan fingerprint density at radius 3 is 2.69 bits per heavy atom. The maximum Gasteiger partial charge on any atom is 0.272 e. The van der Waals surface area contributed by atoms with Crippen molar-refractivity contribution in [2.75, 3.05) is 0 Å². The van der Waals surface area contributed by atoms with E-state index in [2.05, 4.69) is 15.3 Å². The van der Waals surface area contributed by atoms with Gasteiger partial charge in [0.25, 0.3) is 5.91 Å². The van der Waals surface area contributed by atoms with Crippen LogP contribution in [0.25, 0.3) is 16.9 Å². The van der Waals surface area contributed by atoms with Crippen molar-refractivity contribution in [2.24, 2.45) is 0 Å². The molecule has 4 rings (SSSR count). The molecule has 5 nitrogen and oxygen atoms in total. The van der Waals surface area contributed by atoms with Crippen LogP contribution in [-0.4, -0.2) is 20.3 Å². The Labute approximate surface area is 151 Å². The molecule has 0 fully saturated rings. The lowest BCUT2D eigenvalue weighted by molar-refractivity contribution is 0.0947. The van der Waals surface area contributed by atoms with Crippen LogP contribution in [0.1, 0.15) is 21.6 Å². The van der Waals surface area contributed by atoms with Crippen LogP contribution < -0.4 is 5.32 Å². The summed E-state index contributed by atoms with van der Waals surface area (Å²) in [7, 11) is 0. The van der Waals surface area contributed by atoms with E-state index in [0.717, 1.165) is 22.5 Å². The number of aromatic nitrogens is 3. The lowest BCUT2D eigenvalue weighted by atomic mass is 10.1. The summed E-state index contributed by atoms with van der Waals surface area (Å²) < 4.78 is 1.95. The van der Waals surface area contributed by atoms with Crippen LogP contribution in [-0.2, 0) is 6.54 Å². The number of imidazole rings is 1. The van der Waals surface area contributed by atoms with E-state index in [9.17, 15) is 4.79 Å². The van der Waals surface area contributed by atoms with Gasteiger partial charge in [-0.2, -0.15) is 0 Å². The molecule has 0 atom stereocenters. The maximum absolute atomic E-state index is 12.8. The molecular weight excluding hydrogens is 324 g/mol. The Morgan fingerprint density at radius 1 is 1.08 bits per heavy atom. The van der Waals surface area contributed by atoms with Crippen molar-refractivity contribution in [3.63, 3.8) is 0 Å². The monoisotopic (exact) mass is 342 g/mol. The first kappa shape index (κ1) is 16.0. The second-order valence-corrected chi connectivity index (χ2v) is 6.15. The molecule has 0 spiro atoms. The quantitative estimate of drug-likeness (QED) is 0.616. The van der Waals surface area contributed by atoms with E-state index in [-0.39, 0.29) is 5.91 Å². The highest BCUT2D eigenvalue weighted by atomic mass is 16.1. The van der Waals surface area contributed by atoms with Crippen LogP contribution in [0.3, 0.4) is 0 Å². The zero-order valence-electron chi connectivity index (χ0n) is 14.4. The average Bonchev–Trinajstić information content (AvgIpc) is 3.07. The first-order valence-electron chi connectivity index (χ1n) is 8.43. The molecule has 0 saturated carbocycles. The van der Waals surface area contributed by atoms with Crippen LogP contribution in [0, 0.1) is 6.92 Å². The number of rotatable bonds is 4. The third kappa shape index (κ3) is 3.07. The number of hydrogen-bond donors (Lipinski definition) is 1. The van der Waals surface area contributed by atoms with Crippen molar-refractivity contribution >= 4 is 11.6 Å². The largest absolute Gasteiger partial charge is 0.346 e. The van der Waals surface area contributed by atoms with Gasteiger partial charge in [0, 0.05) is 30.7 Å². The van der Waals surface area contributed by atoms with E-state index in [1.54, 1.807) is 12.4 Å². The summed E-state index contributed by atoms with van der Waals surface area (Å²) in [6, 6.07) is 17.6. The number of amides is 1. The maximum atomic E-state index is 12.8. The SMILES string of the molecule is Cc1ccc(-c2c(C(=O)NCc3cccnc3)nc3ccccn23)cc1. The summed E-state index contributed by atoms with van der Waals surface area (Å²) in [5, 5.41) is 2.94. The van der Waals surface area contributed by atoms with Gasteiger partial charge in [-0.05, 0) is 30.7 Å². The van der Waals surface area contributed by atoms with Gasteiger partial charge < -0.3 is 5.32 Å². The van der Waals surface area contributed by atoms with E-state index >= 15 is 0 Å². The molecule has 0 radical (unpaired) electrons. The van der Waals surface area contributed by atoms with Gasteiger partial charge in [0.15, 0.2) is 5.69 Å². The van der Waals surface area contributed by atoms with Crippen molar-refractivity contribution in [3.8, 4) is 11.3 Å². The van der Waals surface area contributed by atoms with Crippen LogP contribution >= 0.6 is 0 Å². The third-order valence-corrected chi connectivity index (χ3v) is 4.25. The molecule has 0 unspecified atom stereocenters. The number of hydrogen-bond acceptors (Lipinski definition) is 3. The van der Waals surface area contributed by atoms with Crippen LogP contribution in [0.15, 0.2) is 73.2 Å². The molecule has 5 heteroatoms. The standard InChI is InChI=1S/C21H18N4O/c1-15-7-9-17(10-8-15)20-19(24-18-6-2-3-12-25(18)20)21(26)23-14-16-5-4-11-22-13-16/h2-13H,14H2,1H3,(H,23,26). The second kappa shape index (κ2) is 6.80. The lowest BCUT2D eigenvalue weighted by Crippen LogP contribution is -2.23. The molecule has 0 aliphatic rings. The van der Waals surface area contributed by atoms with Crippen LogP contribution in [0.4, 0.5) is 0 Å². The topological polar surface area (TPSA) is 59.3 Å². The Morgan fingerprint density at radius 2 is 1.92 bits per heavy atom. The van der Waals surface area contributed by atoms with Crippen molar-refractivity contribution in [1.29, 1.82) is 0 Å². The fourth-order valence-corrected chi connectivity index (χ4v) is 2.91. The minimum absolute atomic E-state index is 0.201. The van der Waals surface area contributed by atoms with Gasteiger partial charge in [-0.1, -0.05) is 42.0 Å². The summed E-state index contributed by atoms with van der Waals surface area (Å²) in [6.07, 6.45) is 5.38. The fraction of sp³-hybridized carbons (Fsp3) is 0.0952. The molecule has 1 aromatic carbocycles. The van der Waals surface area contributed by atoms with E-state index in [4.69, 9.17) is 0 Å². The molecule has 0 aliphatic heterocycles. The normalized spacial score (nSPS) is 10.8. The number of nitrogens with zero attached hydrogens (tertiary/aromatic N) is 3. The zero-order chi connectivity index (χ0) is 17.9. The highest BCUT2D eigenvalue weighted by Gasteiger charge is 2.20. The third-order valence-electron chi connectivity index (χ3n) is 4.25. The van der Waals surface area contributed by atoms with Gasteiger partial charge in [0.05, 0.1) is 5.69 Å². The van der Waals surface area contributed by atoms with Gasteiger partial charge in [-0.25, -0.2) is 4.98 Å². The van der Waals surface area contributed by atoms with E-state index in [1.807, 2.05) is 72.1 Å². The van der Waals surface area contributed by atoms with E-state index in [0.29, 0.717) is 12.2 Å². The van der Waals surface area contributed by atoms with Crippen molar-refractivity contribution in [3.05, 3.63) is 90.0 Å². The number of fused-ring (bicyclic) bond motifs is 1. The fourth-order valence-electron chi connectivity index (χ4n) is 2.91. The van der Waals surface area contributed by atoms with Crippen molar-refractivity contribution in [1.82, 2.24) is 19.7 Å². The summed E-state index contributed by atoms with van der Waals surface area (Å²) in [4.78, 5) is 21.5. The summed E-state index contributed by atoms with van der Waals surface area (Å²) in [5.41, 5.74) is 5.04. The molecule has 4 aromatic rings. The highest BCUT2D eigenvalue weighted by molar-refractivity contribution is 5.99. The molecule has 0 bridgehead atoms. The molecule has 1 amide bonds. The number of benzene rings is 1. The molecule has 0 saturated heterocycles. The van der Waals surface area contributed by atoms with Crippen LogP contribution in [0.2, 0.25) is 0 Å². The number of carbonyl (C=O) groups is 1. The number of aryl methyl sites for hydroxylation is 1. The number of nitrogens with one attached hydrogen (secondary N) is 1. The summed E-state index contributed by atoms with van der Waals surface area (Å²) in [5.74, 6) is -0.201. The zero-order valence-corrected chi connectivity index (χ0v) is 14.4. The number of pyridine rings is 2. The summed E-state index contributed by atoms with van der Waals surface area (Å²) >= 11 is 0. The molecule has 128 valence electrons. The molecule has 26 heavy (non-hydrogen) atoms. The number of carbonyl (C=O) groups excluding carboxylic acids is 1. The molecule has 0 aliphatic carbocycles. The second-order valence-electron chi connectivity index (χ2n) is 6.15. The van der Waals surface area contributed by atoms with Crippen molar-refractivity contribution < 1.29 is 4.79 Å². The average molecular weight is 342 g/mol. The smallest absolute Gasteiger partial charge is 0.272 e. The first-order valence-corrected chi connectivity index (χ1v) is 8.43. The van der Waals surface area contributed by atoms with E-state index < -0.39 is 0 Å². The summed E-state index contributed by atoms with van der Waals surface area (Å²) in [6.45, 7) is 2.45. The van der Waals surface area contributed by atoms with Gasteiger partial charge >= 0.3 is 0 Å². The van der Waals surface area contributed by atoms with Gasteiger partial charge in [0.1, 0.15) is 5.65 Å². The minimum Gasteiger partial charge on any atom is -0.346 e. The minimum atomic E-state index is -0.201. The van der Waals surface area contributed by atoms with Gasteiger partial charge in [-0.3, -0.25) is 14.2 Å². The first-order chi connectivity index (χ1) is 12.7. The predicted octanol–water partition coefficient (Wildman–Crippen LogP) is 3.63. The Bertz CT molecular complexity index is 1050. The predicted molar refractivity (Wildman–Crippen MR) is 101 cm³/mol. The lowest BCUT2D eigenvalue weighted by Gasteiger charge is -2.07. The Hall–Kier alpha value is -3.47. The van der Waals surface area contributed by atoms with Crippen LogP contribution in [0.5, 0.6) is 0 Å².